The summed E-state index contributed by atoms with van der Waals surface area (Å²) in [7, 11) is 0. The van der Waals surface area contributed by atoms with Crippen LogP contribution in [0.25, 0.3) is 0 Å². The summed E-state index contributed by atoms with van der Waals surface area (Å²) in [6.45, 7) is 11.9. The van der Waals surface area contributed by atoms with Crippen LogP contribution in [0.4, 0.5) is 0 Å². The van der Waals surface area contributed by atoms with Crippen LogP contribution in [0, 0.1) is 11.3 Å². The van der Waals surface area contributed by atoms with Crippen LogP contribution < -0.4 is 0 Å². The van der Waals surface area contributed by atoms with E-state index in [1.54, 1.807) is 0 Å². The van der Waals surface area contributed by atoms with E-state index in [9.17, 15) is 0 Å². The largest absolute Gasteiger partial charge is 0.0654 e. The third-order valence-corrected chi connectivity index (χ3v) is 3.77. The van der Waals surface area contributed by atoms with Gasteiger partial charge in [-0.05, 0) is 17.8 Å². The monoisotopic (exact) mass is 198 g/mol. The SMILES string of the molecule is CCCCCCC(C)(C)C(CC)CC. The highest BCUT2D eigenvalue weighted by Crippen LogP contribution is 2.36. The lowest BCUT2D eigenvalue weighted by Crippen LogP contribution is -2.22. The molecule has 0 fully saturated rings. The number of unbranched alkanes of at least 4 members (excludes halogenated alkanes) is 3. The molecule has 0 N–H and O–H groups in total. The average Bonchev–Trinajstić information content (AvgIpc) is 2.14. The van der Waals surface area contributed by atoms with Gasteiger partial charge in [0.05, 0.1) is 0 Å². The van der Waals surface area contributed by atoms with Crippen LogP contribution in [-0.4, -0.2) is 0 Å². The molecule has 0 nitrogen and oxygen atoms in total. The summed E-state index contributed by atoms with van der Waals surface area (Å²) in [5, 5.41) is 0. The van der Waals surface area contributed by atoms with E-state index >= 15 is 0 Å². The molecule has 0 unspecified atom stereocenters. The van der Waals surface area contributed by atoms with Crippen molar-refractivity contribution in [1.29, 1.82) is 0 Å². The van der Waals surface area contributed by atoms with Gasteiger partial charge >= 0.3 is 0 Å². The lowest BCUT2D eigenvalue weighted by molar-refractivity contribution is 0.177. The Labute approximate surface area is 91.5 Å². The molecule has 0 aromatic rings. The zero-order chi connectivity index (χ0) is 11.0. The maximum absolute atomic E-state index is 2.45. The van der Waals surface area contributed by atoms with E-state index in [0.29, 0.717) is 5.41 Å². The third-order valence-electron chi connectivity index (χ3n) is 3.77. The Hall–Kier alpha value is 0. The maximum Gasteiger partial charge on any atom is -0.0326 e. The first kappa shape index (κ1) is 14.0. The molecule has 0 amide bonds. The lowest BCUT2D eigenvalue weighted by atomic mass is 9.72. The molecule has 86 valence electrons. The van der Waals surface area contributed by atoms with Gasteiger partial charge in [-0.15, -0.1) is 0 Å². The highest BCUT2D eigenvalue weighted by atomic mass is 14.3. The normalized spacial score (nSPS) is 12.4. The first-order chi connectivity index (χ1) is 6.58. The summed E-state index contributed by atoms with van der Waals surface area (Å²) < 4.78 is 0. The molecule has 0 bridgehead atoms. The van der Waals surface area contributed by atoms with Crippen molar-refractivity contribution >= 4 is 0 Å². The van der Waals surface area contributed by atoms with E-state index in [0.717, 1.165) is 5.92 Å². The van der Waals surface area contributed by atoms with Crippen LogP contribution in [0.2, 0.25) is 0 Å². The second-order valence-corrected chi connectivity index (χ2v) is 5.31. The molecule has 0 radical (unpaired) electrons. The Kier molecular flexibility index (Phi) is 7.31. The predicted octanol–water partition coefficient (Wildman–Crippen LogP) is 5.42. The molecule has 0 aliphatic rings. The standard InChI is InChI=1S/C14H30/c1-6-9-10-11-12-14(4,5)13(7-2)8-3/h13H,6-12H2,1-5H3. The molecule has 0 spiro atoms. The van der Waals surface area contributed by atoms with E-state index in [-0.39, 0.29) is 0 Å². The summed E-state index contributed by atoms with van der Waals surface area (Å²) in [5.74, 6) is 0.920. The molecule has 0 saturated heterocycles. The van der Waals surface area contributed by atoms with E-state index in [4.69, 9.17) is 0 Å². The Balaban J connectivity index is 3.80. The molecular formula is C14H30. The zero-order valence-electron chi connectivity index (χ0n) is 11.0. The van der Waals surface area contributed by atoms with Gasteiger partial charge in [-0.25, -0.2) is 0 Å². The Bertz CT molecular complexity index is 120. The Morgan fingerprint density at radius 1 is 0.857 bits per heavy atom. The summed E-state index contributed by atoms with van der Waals surface area (Å²) in [4.78, 5) is 0. The molecule has 0 saturated carbocycles. The molecule has 0 heteroatoms. The highest BCUT2D eigenvalue weighted by molar-refractivity contribution is 4.76. The van der Waals surface area contributed by atoms with Gasteiger partial charge in [0.15, 0.2) is 0 Å². The molecule has 0 aliphatic heterocycles. The van der Waals surface area contributed by atoms with Crippen molar-refractivity contribution in [3.05, 3.63) is 0 Å². The van der Waals surface area contributed by atoms with Crippen molar-refractivity contribution in [3.63, 3.8) is 0 Å². The van der Waals surface area contributed by atoms with Gasteiger partial charge in [-0.3, -0.25) is 0 Å². The molecule has 0 aromatic heterocycles. The van der Waals surface area contributed by atoms with Crippen molar-refractivity contribution in [3.8, 4) is 0 Å². The van der Waals surface area contributed by atoms with Crippen LogP contribution in [0.3, 0.4) is 0 Å². The number of hydrogen-bond acceptors (Lipinski definition) is 0. The van der Waals surface area contributed by atoms with E-state index in [2.05, 4.69) is 34.6 Å². The molecule has 0 aliphatic carbocycles. The topological polar surface area (TPSA) is 0 Å². The van der Waals surface area contributed by atoms with Gasteiger partial charge in [0, 0.05) is 0 Å². The molecular weight excluding hydrogens is 168 g/mol. The minimum atomic E-state index is 0.567. The fourth-order valence-electron chi connectivity index (χ4n) is 2.61. The minimum absolute atomic E-state index is 0.567. The van der Waals surface area contributed by atoms with Crippen LogP contribution in [0.5, 0.6) is 0 Å². The van der Waals surface area contributed by atoms with Crippen molar-refractivity contribution in [2.75, 3.05) is 0 Å². The van der Waals surface area contributed by atoms with Crippen molar-refractivity contribution in [2.24, 2.45) is 11.3 Å². The van der Waals surface area contributed by atoms with Crippen LogP contribution >= 0.6 is 0 Å². The summed E-state index contributed by atoms with van der Waals surface area (Å²) in [6, 6.07) is 0. The van der Waals surface area contributed by atoms with Crippen molar-refractivity contribution < 1.29 is 0 Å². The molecule has 0 aromatic carbocycles. The highest BCUT2D eigenvalue weighted by Gasteiger charge is 2.25. The molecule has 14 heavy (non-hydrogen) atoms. The van der Waals surface area contributed by atoms with Gasteiger partial charge in [0.25, 0.3) is 0 Å². The van der Waals surface area contributed by atoms with Crippen LogP contribution in [0.1, 0.15) is 79.6 Å². The second-order valence-electron chi connectivity index (χ2n) is 5.31. The summed E-state index contributed by atoms with van der Waals surface area (Å²) in [5.41, 5.74) is 0.567. The Morgan fingerprint density at radius 2 is 1.43 bits per heavy atom. The molecule has 0 heterocycles. The fraction of sp³-hybridized carbons (Fsp3) is 1.00. The maximum atomic E-state index is 2.45. The van der Waals surface area contributed by atoms with Gasteiger partial charge in [0.1, 0.15) is 0 Å². The third kappa shape index (κ3) is 5.02. The minimum Gasteiger partial charge on any atom is -0.0654 e. The molecule has 0 atom stereocenters. The predicted molar refractivity (Wildman–Crippen MR) is 66.6 cm³/mol. The first-order valence-electron chi connectivity index (χ1n) is 6.58. The van der Waals surface area contributed by atoms with Gasteiger partial charge in [-0.1, -0.05) is 73.1 Å². The van der Waals surface area contributed by atoms with Gasteiger partial charge in [-0.2, -0.15) is 0 Å². The van der Waals surface area contributed by atoms with Crippen molar-refractivity contribution in [2.45, 2.75) is 79.6 Å². The Morgan fingerprint density at radius 3 is 1.86 bits per heavy atom. The number of rotatable bonds is 8. The van der Waals surface area contributed by atoms with Gasteiger partial charge in [0.2, 0.25) is 0 Å². The fourth-order valence-corrected chi connectivity index (χ4v) is 2.61. The number of hydrogen-bond donors (Lipinski definition) is 0. The van der Waals surface area contributed by atoms with Gasteiger partial charge < -0.3 is 0 Å². The smallest absolute Gasteiger partial charge is 0.0326 e. The summed E-state index contributed by atoms with van der Waals surface area (Å²) in [6.07, 6.45) is 9.73. The summed E-state index contributed by atoms with van der Waals surface area (Å²) >= 11 is 0. The second kappa shape index (κ2) is 7.31. The molecule has 0 rings (SSSR count). The quantitative estimate of drug-likeness (QED) is 0.457. The zero-order valence-corrected chi connectivity index (χ0v) is 11.0. The first-order valence-corrected chi connectivity index (χ1v) is 6.58. The average molecular weight is 198 g/mol. The van der Waals surface area contributed by atoms with E-state index < -0.39 is 0 Å². The van der Waals surface area contributed by atoms with E-state index in [1.807, 2.05) is 0 Å². The lowest BCUT2D eigenvalue weighted by Gasteiger charge is -2.33. The van der Waals surface area contributed by atoms with Crippen LogP contribution in [-0.2, 0) is 0 Å². The van der Waals surface area contributed by atoms with E-state index in [1.165, 1.54) is 44.9 Å². The van der Waals surface area contributed by atoms with Crippen molar-refractivity contribution in [1.82, 2.24) is 0 Å². The van der Waals surface area contributed by atoms with Crippen LogP contribution in [0.15, 0.2) is 0 Å².